The van der Waals surface area contributed by atoms with Crippen molar-refractivity contribution in [2.75, 3.05) is 12.4 Å². The molecule has 0 unspecified atom stereocenters. The van der Waals surface area contributed by atoms with Crippen molar-refractivity contribution in [3.05, 3.63) is 73.6 Å². The molecule has 3 aromatic heterocycles. The first-order valence-electron chi connectivity index (χ1n) is 9.01. The largest absolute Gasteiger partial charge is 0.507 e. The zero-order valence-electron chi connectivity index (χ0n) is 16.2. The van der Waals surface area contributed by atoms with Crippen LogP contribution in [0.2, 0.25) is 0 Å². The molecular weight excluding hydrogens is 366 g/mol. The number of nitrogens with one attached hydrogen (secondary N) is 2. The van der Waals surface area contributed by atoms with E-state index in [4.69, 9.17) is 0 Å². The first-order chi connectivity index (χ1) is 14.1. The van der Waals surface area contributed by atoms with Gasteiger partial charge in [-0.1, -0.05) is 6.58 Å². The molecule has 1 aromatic carbocycles. The second-order valence-corrected chi connectivity index (χ2v) is 6.52. The van der Waals surface area contributed by atoms with Crippen LogP contribution in [0.5, 0.6) is 5.75 Å². The molecule has 0 aliphatic carbocycles. The summed E-state index contributed by atoms with van der Waals surface area (Å²) in [5.41, 5.74) is 4.67. The Balaban J connectivity index is 1.69. The molecule has 4 rings (SSSR count). The molecule has 0 saturated heterocycles. The Morgan fingerprint density at radius 3 is 2.86 bits per heavy atom. The third kappa shape index (κ3) is 3.55. The number of anilines is 2. The summed E-state index contributed by atoms with van der Waals surface area (Å²) < 4.78 is 3.71. The van der Waals surface area contributed by atoms with Crippen molar-refractivity contribution in [2.45, 2.75) is 0 Å². The van der Waals surface area contributed by atoms with Gasteiger partial charge in [-0.2, -0.15) is 5.10 Å². The molecule has 0 amide bonds. The molecule has 0 bridgehead atoms. The highest BCUT2D eigenvalue weighted by molar-refractivity contribution is 5.80. The first-order valence-corrected chi connectivity index (χ1v) is 9.01. The molecule has 0 aliphatic heterocycles. The van der Waals surface area contributed by atoms with Crippen molar-refractivity contribution in [1.29, 1.82) is 0 Å². The first kappa shape index (κ1) is 18.3. The molecule has 0 atom stereocenters. The van der Waals surface area contributed by atoms with Crippen molar-refractivity contribution < 1.29 is 5.11 Å². The minimum absolute atomic E-state index is 0.159. The van der Waals surface area contributed by atoms with Gasteiger partial charge in [-0.3, -0.25) is 9.08 Å². The van der Waals surface area contributed by atoms with E-state index >= 15 is 0 Å². The summed E-state index contributed by atoms with van der Waals surface area (Å²) in [6.45, 7) is 4.01. The van der Waals surface area contributed by atoms with E-state index in [-0.39, 0.29) is 5.75 Å². The number of nitrogens with zero attached hydrogens (tertiary/aromatic N) is 5. The van der Waals surface area contributed by atoms with Crippen molar-refractivity contribution in [2.24, 2.45) is 7.05 Å². The highest BCUT2D eigenvalue weighted by atomic mass is 16.3. The van der Waals surface area contributed by atoms with Crippen LogP contribution in [0.3, 0.4) is 0 Å². The number of imidazole rings is 1. The van der Waals surface area contributed by atoms with Crippen LogP contribution in [-0.4, -0.2) is 36.3 Å². The molecule has 8 nitrogen and oxygen atoms in total. The summed E-state index contributed by atoms with van der Waals surface area (Å²) in [4.78, 5) is 8.97. The molecule has 4 aromatic rings. The summed E-state index contributed by atoms with van der Waals surface area (Å²) in [6.07, 6.45) is 12.7. The maximum Gasteiger partial charge on any atom is 0.180 e. The minimum Gasteiger partial charge on any atom is -0.507 e. The van der Waals surface area contributed by atoms with Gasteiger partial charge in [-0.25, -0.2) is 9.97 Å². The maximum atomic E-state index is 10.2. The van der Waals surface area contributed by atoms with E-state index in [1.165, 1.54) is 0 Å². The molecule has 3 N–H and O–H groups in total. The fourth-order valence-electron chi connectivity index (χ4n) is 3.06. The summed E-state index contributed by atoms with van der Waals surface area (Å²) in [7, 11) is 3.68. The molecule has 0 radical (unpaired) electrons. The maximum absolute atomic E-state index is 10.2. The molecule has 0 saturated carbocycles. The van der Waals surface area contributed by atoms with Crippen molar-refractivity contribution in [3.63, 3.8) is 0 Å². The van der Waals surface area contributed by atoms with Gasteiger partial charge in [0, 0.05) is 49.5 Å². The number of phenolic OH excluding ortho intramolecular Hbond substituents is 1. The van der Waals surface area contributed by atoms with Crippen LogP contribution in [0.1, 0.15) is 5.56 Å². The molecule has 0 spiro atoms. The average molecular weight is 387 g/mol. The van der Waals surface area contributed by atoms with Crippen molar-refractivity contribution >= 4 is 22.7 Å². The van der Waals surface area contributed by atoms with Gasteiger partial charge >= 0.3 is 0 Å². The summed E-state index contributed by atoms with van der Waals surface area (Å²) in [5.74, 6) is 0.766. The molecule has 0 fully saturated rings. The lowest BCUT2D eigenvalue weighted by Gasteiger charge is -2.11. The third-order valence-electron chi connectivity index (χ3n) is 4.49. The van der Waals surface area contributed by atoms with Crippen LogP contribution in [0.4, 0.5) is 11.5 Å². The van der Waals surface area contributed by atoms with Gasteiger partial charge in [0.05, 0.1) is 18.1 Å². The summed E-state index contributed by atoms with van der Waals surface area (Å²) in [5, 5.41) is 20.6. The van der Waals surface area contributed by atoms with E-state index in [1.54, 1.807) is 54.7 Å². The van der Waals surface area contributed by atoms with Gasteiger partial charge in [-0.05, 0) is 36.0 Å². The summed E-state index contributed by atoms with van der Waals surface area (Å²) in [6, 6.07) is 5.24. The van der Waals surface area contributed by atoms with Crippen LogP contribution in [-0.2, 0) is 7.05 Å². The van der Waals surface area contributed by atoms with E-state index in [1.807, 2.05) is 29.9 Å². The van der Waals surface area contributed by atoms with Gasteiger partial charge in [0.2, 0.25) is 0 Å². The zero-order chi connectivity index (χ0) is 20.4. The van der Waals surface area contributed by atoms with E-state index in [0.717, 1.165) is 16.9 Å². The minimum atomic E-state index is 0.159. The van der Waals surface area contributed by atoms with E-state index < -0.39 is 0 Å². The van der Waals surface area contributed by atoms with E-state index in [9.17, 15) is 5.11 Å². The number of phenols is 1. The molecule has 8 heteroatoms. The lowest BCUT2D eigenvalue weighted by atomic mass is 10.1. The van der Waals surface area contributed by atoms with Crippen LogP contribution < -0.4 is 10.6 Å². The highest BCUT2D eigenvalue weighted by Gasteiger charge is 2.12. The topological polar surface area (TPSA) is 92.3 Å². The van der Waals surface area contributed by atoms with E-state index in [0.29, 0.717) is 22.6 Å². The highest BCUT2D eigenvalue weighted by Crippen LogP contribution is 2.30. The van der Waals surface area contributed by atoms with Gasteiger partial charge in [0.15, 0.2) is 11.5 Å². The number of allylic oxidation sites excluding steroid dienone is 2. The normalized spacial score (nSPS) is 11.2. The SMILES string of the molecule is C=C(/C=C\NC)c1cc(Nc2nccn3c(-c4cnn(C)c4)cnc23)ccc1O. The Morgan fingerprint density at radius 1 is 1.24 bits per heavy atom. The Morgan fingerprint density at radius 2 is 2.10 bits per heavy atom. The lowest BCUT2D eigenvalue weighted by molar-refractivity contribution is 0.474. The van der Waals surface area contributed by atoms with Crippen LogP contribution in [0.25, 0.3) is 22.5 Å². The Labute approximate surface area is 167 Å². The summed E-state index contributed by atoms with van der Waals surface area (Å²) >= 11 is 0. The molecule has 3 heterocycles. The number of benzene rings is 1. The Kier molecular flexibility index (Phi) is 4.74. The third-order valence-corrected chi connectivity index (χ3v) is 4.49. The molecule has 146 valence electrons. The fourth-order valence-corrected chi connectivity index (χ4v) is 3.06. The number of hydrogen-bond acceptors (Lipinski definition) is 6. The van der Waals surface area contributed by atoms with Crippen LogP contribution >= 0.6 is 0 Å². The van der Waals surface area contributed by atoms with Gasteiger partial charge in [0.25, 0.3) is 0 Å². The zero-order valence-corrected chi connectivity index (χ0v) is 16.2. The standard InChI is InChI=1S/C21H21N7O/c1-14(6-7-22-2)17-10-16(4-5-19(17)29)26-20-21-24-12-18(28(21)9-8-23-20)15-11-25-27(3)13-15/h4-13,22,29H,1H2,2-3H3,(H,23,26)/b7-6-. The van der Waals surface area contributed by atoms with Crippen molar-refractivity contribution in [1.82, 2.24) is 29.5 Å². The number of hydrogen-bond donors (Lipinski definition) is 3. The Bertz CT molecular complexity index is 1220. The fraction of sp³-hybridized carbons (Fsp3) is 0.0952. The quantitative estimate of drug-likeness (QED) is 0.347. The van der Waals surface area contributed by atoms with Crippen LogP contribution in [0.15, 0.2) is 68.0 Å². The monoisotopic (exact) mass is 387 g/mol. The molecule has 0 aliphatic rings. The van der Waals surface area contributed by atoms with Crippen molar-refractivity contribution in [3.8, 4) is 17.0 Å². The van der Waals surface area contributed by atoms with Gasteiger partial charge in [-0.15, -0.1) is 0 Å². The number of fused-ring (bicyclic) bond motifs is 1. The van der Waals surface area contributed by atoms with Gasteiger partial charge < -0.3 is 15.7 Å². The van der Waals surface area contributed by atoms with Gasteiger partial charge in [0.1, 0.15) is 5.75 Å². The van der Waals surface area contributed by atoms with E-state index in [2.05, 4.69) is 32.3 Å². The number of aromatic nitrogens is 5. The number of rotatable bonds is 6. The predicted octanol–water partition coefficient (Wildman–Crippen LogP) is 3.33. The molecule has 29 heavy (non-hydrogen) atoms. The smallest absolute Gasteiger partial charge is 0.180 e. The Hall–Kier alpha value is -4.07. The number of aryl methyl sites for hydroxylation is 1. The number of aromatic hydroxyl groups is 1. The predicted molar refractivity (Wildman–Crippen MR) is 114 cm³/mol. The molecular formula is C21H21N7O. The van der Waals surface area contributed by atoms with Crippen LogP contribution in [0, 0.1) is 0 Å². The second kappa shape index (κ2) is 7.51. The lowest BCUT2D eigenvalue weighted by Crippen LogP contribution is -1.99. The second-order valence-electron chi connectivity index (χ2n) is 6.52. The average Bonchev–Trinajstić information content (AvgIpc) is 3.34.